The van der Waals surface area contributed by atoms with Gasteiger partial charge in [0.2, 0.25) is 0 Å². The van der Waals surface area contributed by atoms with Gasteiger partial charge in [-0.05, 0) is 45.2 Å². The Morgan fingerprint density at radius 2 is 2.00 bits per heavy atom. The van der Waals surface area contributed by atoms with Crippen molar-refractivity contribution in [2.24, 2.45) is 0 Å². The van der Waals surface area contributed by atoms with Crippen molar-refractivity contribution in [1.29, 1.82) is 0 Å². The lowest BCUT2D eigenvalue weighted by Crippen LogP contribution is -2.53. The second kappa shape index (κ2) is 6.50. The van der Waals surface area contributed by atoms with E-state index >= 15 is 0 Å². The maximum atomic E-state index is 12.6. The Bertz CT molecular complexity index is 531. The van der Waals surface area contributed by atoms with Crippen molar-refractivity contribution >= 4 is 35.2 Å². The molecule has 6 heteroatoms. The number of carbonyl (C=O) groups is 2. The van der Waals surface area contributed by atoms with Crippen molar-refractivity contribution in [3.63, 3.8) is 0 Å². The topological polar surface area (TPSA) is 57.6 Å². The molecule has 1 N–H and O–H groups in total. The minimum absolute atomic E-state index is 0.290. The number of halogens is 1. The van der Waals surface area contributed by atoms with Crippen molar-refractivity contribution in [3.8, 4) is 0 Å². The second-order valence-corrected chi connectivity index (χ2v) is 6.05. The number of thioether (sulfide) groups is 1. The first-order valence-corrected chi connectivity index (χ1v) is 7.74. The van der Waals surface area contributed by atoms with E-state index in [1.807, 2.05) is 12.3 Å². The second-order valence-electron chi connectivity index (χ2n) is 4.76. The minimum Gasteiger partial charge on any atom is -0.480 e. The lowest BCUT2D eigenvalue weighted by Gasteiger charge is -2.34. The number of nitrogens with zero attached hydrogens (tertiary/aromatic N) is 1. The zero-order chi connectivity index (χ0) is 15.5. The van der Waals surface area contributed by atoms with Crippen molar-refractivity contribution in [2.45, 2.75) is 31.2 Å². The molecule has 0 radical (unpaired) electrons. The fourth-order valence-corrected chi connectivity index (χ4v) is 2.49. The maximum absolute atomic E-state index is 12.6. The molecule has 0 spiro atoms. The Balaban J connectivity index is 3.25. The molecule has 1 rings (SSSR count). The molecule has 0 saturated carbocycles. The molecule has 1 amide bonds. The quantitative estimate of drug-likeness (QED) is 0.846. The van der Waals surface area contributed by atoms with Crippen LogP contribution in [0.2, 0.25) is 5.02 Å². The van der Waals surface area contributed by atoms with Crippen LogP contribution in [-0.4, -0.2) is 40.2 Å². The van der Waals surface area contributed by atoms with Crippen LogP contribution < -0.4 is 0 Å². The molecule has 0 heterocycles. The molecule has 0 aliphatic heterocycles. The third-order valence-electron chi connectivity index (χ3n) is 3.16. The van der Waals surface area contributed by atoms with Crippen molar-refractivity contribution < 1.29 is 14.7 Å². The molecule has 0 aliphatic carbocycles. The summed E-state index contributed by atoms with van der Waals surface area (Å²) >= 11 is 7.57. The van der Waals surface area contributed by atoms with Gasteiger partial charge in [0, 0.05) is 11.4 Å². The number of hydrogen-bond donors (Lipinski definition) is 1. The van der Waals surface area contributed by atoms with Gasteiger partial charge in [-0.1, -0.05) is 11.6 Å². The molecule has 0 aromatic heterocycles. The molecular weight excluding hydrogens is 298 g/mol. The van der Waals surface area contributed by atoms with Crippen LogP contribution in [0.3, 0.4) is 0 Å². The Labute approximate surface area is 128 Å². The highest BCUT2D eigenvalue weighted by atomic mass is 35.5. The smallest absolute Gasteiger partial charge is 0.329 e. The highest BCUT2D eigenvalue weighted by Crippen LogP contribution is 2.26. The molecule has 4 nitrogen and oxygen atoms in total. The number of rotatable bonds is 5. The summed E-state index contributed by atoms with van der Waals surface area (Å²) in [5.41, 5.74) is -0.959. The molecule has 0 unspecified atom stereocenters. The largest absolute Gasteiger partial charge is 0.480 e. The third kappa shape index (κ3) is 3.27. The highest BCUT2D eigenvalue weighted by molar-refractivity contribution is 7.98. The van der Waals surface area contributed by atoms with Crippen LogP contribution in [0.25, 0.3) is 0 Å². The van der Waals surface area contributed by atoms with Crippen LogP contribution >= 0.6 is 23.4 Å². The first kappa shape index (κ1) is 16.9. The zero-order valence-corrected chi connectivity index (χ0v) is 13.5. The molecule has 0 fully saturated rings. The SMILES string of the molecule is CCN(C(=O)c1cc(SC)ccc1Cl)C(C)(C)C(=O)O. The van der Waals surface area contributed by atoms with Crippen LogP contribution in [0.4, 0.5) is 0 Å². The van der Waals surface area contributed by atoms with Crippen molar-refractivity contribution in [1.82, 2.24) is 4.90 Å². The number of aliphatic carboxylic acids is 1. The molecule has 110 valence electrons. The average Bonchev–Trinajstić information content (AvgIpc) is 2.39. The summed E-state index contributed by atoms with van der Waals surface area (Å²) in [6, 6.07) is 5.17. The summed E-state index contributed by atoms with van der Waals surface area (Å²) in [5.74, 6) is -1.43. The molecule has 0 atom stereocenters. The Morgan fingerprint density at radius 1 is 1.40 bits per heavy atom. The molecule has 20 heavy (non-hydrogen) atoms. The van der Waals surface area contributed by atoms with Crippen molar-refractivity contribution in [3.05, 3.63) is 28.8 Å². The van der Waals surface area contributed by atoms with Gasteiger partial charge >= 0.3 is 5.97 Å². The number of amides is 1. The standard InChI is InChI=1S/C14H18ClNO3S/c1-5-16(14(2,3)13(18)19)12(17)10-8-9(20-4)6-7-11(10)15/h6-8H,5H2,1-4H3,(H,18,19). The Morgan fingerprint density at radius 3 is 2.45 bits per heavy atom. The summed E-state index contributed by atoms with van der Waals surface area (Å²) < 4.78 is 0. The van der Waals surface area contributed by atoms with E-state index in [9.17, 15) is 14.7 Å². The number of hydrogen-bond acceptors (Lipinski definition) is 3. The Hall–Kier alpha value is -1.20. The molecule has 0 saturated heterocycles. The summed E-state index contributed by atoms with van der Waals surface area (Å²) in [5, 5.41) is 9.60. The van der Waals surface area contributed by atoms with Gasteiger partial charge in [-0.15, -0.1) is 11.8 Å². The van der Waals surface area contributed by atoms with Crippen LogP contribution in [0.15, 0.2) is 23.1 Å². The number of benzene rings is 1. The van der Waals surface area contributed by atoms with Gasteiger partial charge in [0.1, 0.15) is 5.54 Å². The van der Waals surface area contributed by atoms with E-state index in [0.717, 1.165) is 4.90 Å². The lowest BCUT2D eigenvalue weighted by atomic mass is 10.0. The van der Waals surface area contributed by atoms with E-state index in [4.69, 9.17) is 11.6 Å². The van der Waals surface area contributed by atoms with Gasteiger partial charge in [-0.3, -0.25) is 4.79 Å². The van der Waals surface area contributed by atoms with Gasteiger partial charge in [0.05, 0.1) is 10.6 Å². The predicted octanol–water partition coefficient (Wildman–Crippen LogP) is 3.39. The van der Waals surface area contributed by atoms with Crippen LogP contribution in [0, 0.1) is 0 Å². The summed E-state index contributed by atoms with van der Waals surface area (Å²) in [7, 11) is 0. The van der Waals surface area contributed by atoms with Gasteiger partial charge in [0.15, 0.2) is 0 Å². The number of carbonyl (C=O) groups excluding carboxylic acids is 1. The fraction of sp³-hybridized carbons (Fsp3) is 0.429. The average molecular weight is 316 g/mol. The molecule has 1 aromatic carbocycles. The van der Waals surface area contributed by atoms with E-state index in [-0.39, 0.29) is 12.5 Å². The minimum atomic E-state index is -1.29. The predicted molar refractivity (Wildman–Crippen MR) is 81.7 cm³/mol. The lowest BCUT2D eigenvalue weighted by molar-refractivity contribution is -0.147. The van der Waals surface area contributed by atoms with Gasteiger partial charge < -0.3 is 10.0 Å². The van der Waals surface area contributed by atoms with Crippen molar-refractivity contribution in [2.75, 3.05) is 12.8 Å². The zero-order valence-electron chi connectivity index (χ0n) is 11.9. The first-order valence-electron chi connectivity index (χ1n) is 6.14. The fourth-order valence-electron chi connectivity index (χ4n) is 1.85. The number of likely N-dealkylation sites (N-methyl/N-ethyl adjacent to an activating group) is 1. The highest BCUT2D eigenvalue weighted by Gasteiger charge is 2.37. The molecule has 0 aliphatic rings. The third-order valence-corrected chi connectivity index (χ3v) is 4.22. The van der Waals surface area contributed by atoms with Gasteiger partial charge in [0.25, 0.3) is 5.91 Å². The van der Waals surface area contributed by atoms with Gasteiger partial charge in [-0.2, -0.15) is 0 Å². The van der Waals surface area contributed by atoms with Crippen LogP contribution in [-0.2, 0) is 4.79 Å². The Kier molecular flexibility index (Phi) is 5.48. The number of carboxylic acid groups (broad SMARTS) is 1. The maximum Gasteiger partial charge on any atom is 0.329 e. The normalized spacial score (nSPS) is 11.2. The van der Waals surface area contributed by atoms with Crippen LogP contribution in [0.5, 0.6) is 0 Å². The molecule has 1 aromatic rings. The molecular formula is C14H18ClNO3S. The van der Waals surface area contributed by atoms with E-state index in [1.54, 1.807) is 19.1 Å². The van der Waals surface area contributed by atoms with E-state index in [1.165, 1.54) is 30.5 Å². The van der Waals surface area contributed by atoms with Crippen LogP contribution in [0.1, 0.15) is 31.1 Å². The van der Waals surface area contributed by atoms with E-state index < -0.39 is 11.5 Å². The summed E-state index contributed by atoms with van der Waals surface area (Å²) in [6.45, 7) is 5.04. The first-order chi connectivity index (χ1) is 9.25. The van der Waals surface area contributed by atoms with Gasteiger partial charge in [-0.25, -0.2) is 4.79 Å². The van der Waals surface area contributed by atoms with E-state index in [0.29, 0.717) is 10.6 Å². The molecule has 0 bridgehead atoms. The summed E-state index contributed by atoms with van der Waals surface area (Å²) in [6.07, 6.45) is 1.90. The van der Waals surface area contributed by atoms with E-state index in [2.05, 4.69) is 0 Å². The summed E-state index contributed by atoms with van der Waals surface area (Å²) in [4.78, 5) is 26.1. The number of carboxylic acids is 1. The monoisotopic (exact) mass is 315 g/mol.